The van der Waals surface area contributed by atoms with Crippen LogP contribution in [0.1, 0.15) is 29.8 Å². The van der Waals surface area contributed by atoms with E-state index in [4.69, 9.17) is 10.5 Å². The first kappa shape index (κ1) is 17.5. The average Bonchev–Trinajstić information content (AvgIpc) is 3.08. The Bertz CT molecular complexity index is 934. The molecule has 1 aliphatic rings. The molecule has 5 heteroatoms. The van der Waals surface area contributed by atoms with Crippen molar-refractivity contribution in [1.29, 1.82) is 0 Å². The van der Waals surface area contributed by atoms with E-state index in [1.54, 1.807) is 6.20 Å². The van der Waals surface area contributed by atoms with Crippen LogP contribution >= 0.6 is 0 Å². The fourth-order valence-corrected chi connectivity index (χ4v) is 3.87. The standard InChI is InChI=1S/C22H23N3O2/c1-16-24-13-14-25(16)19-9-7-17(8-10-19)15-27-20-11-12-22(20,21(23)26)18-5-3-2-4-6-18/h2-10,13-14,20H,11-12,15H2,1H3,(H2,23,26). The number of aromatic nitrogens is 2. The van der Waals surface area contributed by atoms with Gasteiger partial charge in [0, 0.05) is 18.1 Å². The van der Waals surface area contributed by atoms with Crippen molar-refractivity contribution >= 4 is 5.91 Å². The Kier molecular flexibility index (Phi) is 4.54. The number of hydrogen-bond acceptors (Lipinski definition) is 3. The van der Waals surface area contributed by atoms with E-state index >= 15 is 0 Å². The molecule has 1 fully saturated rings. The van der Waals surface area contributed by atoms with Gasteiger partial charge in [0.25, 0.3) is 0 Å². The van der Waals surface area contributed by atoms with Gasteiger partial charge < -0.3 is 15.0 Å². The van der Waals surface area contributed by atoms with Gasteiger partial charge >= 0.3 is 0 Å². The van der Waals surface area contributed by atoms with Crippen LogP contribution in [0.15, 0.2) is 67.0 Å². The van der Waals surface area contributed by atoms with Gasteiger partial charge in [0.1, 0.15) is 5.82 Å². The summed E-state index contributed by atoms with van der Waals surface area (Å²) < 4.78 is 8.16. The quantitative estimate of drug-likeness (QED) is 0.732. The fourth-order valence-electron chi connectivity index (χ4n) is 3.87. The third-order valence-electron chi connectivity index (χ3n) is 5.57. The highest BCUT2D eigenvalue weighted by Gasteiger charge is 2.53. The zero-order valence-electron chi connectivity index (χ0n) is 15.3. The van der Waals surface area contributed by atoms with Crippen LogP contribution in [-0.4, -0.2) is 21.6 Å². The number of nitrogens with two attached hydrogens (primary N) is 1. The number of primary amides is 1. The van der Waals surface area contributed by atoms with Crippen molar-refractivity contribution in [2.75, 3.05) is 0 Å². The van der Waals surface area contributed by atoms with Crippen molar-refractivity contribution in [2.24, 2.45) is 5.73 Å². The van der Waals surface area contributed by atoms with Crippen LogP contribution in [0.25, 0.3) is 5.69 Å². The smallest absolute Gasteiger partial charge is 0.230 e. The van der Waals surface area contributed by atoms with Gasteiger partial charge in [-0.15, -0.1) is 0 Å². The summed E-state index contributed by atoms with van der Waals surface area (Å²) in [5, 5.41) is 0. The van der Waals surface area contributed by atoms with Gasteiger partial charge in [0.15, 0.2) is 0 Å². The molecule has 3 aromatic rings. The Morgan fingerprint density at radius 3 is 2.52 bits per heavy atom. The zero-order valence-corrected chi connectivity index (χ0v) is 15.3. The van der Waals surface area contributed by atoms with E-state index < -0.39 is 5.41 Å². The molecule has 0 bridgehead atoms. The van der Waals surface area contributed by atoms with E-state index in [1.165, 1.54) is 0 Å². The maximum Gasteiger partial charge on any atom is 0.230 e. The van der Waals surface area contributed by atoms with Gasteiger partial charge in [-0.2, -0.15) is 0 Å². The molecule has 2 aromatic carbocycles. The van der Waals surface area contributed by atoms with E-state index in [9.17, 15) is 4.79 Å². The monoisotopic (exact) mass is 361 g/mol. The second kappa shape index (κ2) is 7.00. The lowest BCUT2D eigenvalue weighted by molar-refractivity contribution is -0.142. The van der Waals surface area contributed by atoms with Gasteiger partial charge in [0.2, 0.25) is 5.91 Å². The SMILES string of the molecule is Cc1nccn1-c1ccc(COC2CCC2(C(N)=O)c2ccccc2)cc1. The maximum absolute atomic E-state index is 12.3. The van der Waals surface area contributed by atoms with Crippen molar-refractivity contribution < 1.29 is 9.53 Å². The van der Waals surface area contributed by atoms with Crippen molar-refractivity contribution in [1.82, 2.24) is 9.55 Å². The lowest BCUT2D eigenvalue weighted by Gasteiger charge is -2.47. The lowest BCUT2D eigenvalue weighted by Crippen LogP contribution is -2.58. The highest BCUT2D eigenvalue weighted by Crippen LogP contribution is 2.46. The molecule has 5 nitrogen and oxygen atoms in total. The predicted molar refractivity (Wildman–Crippen MR) is 103 cm³/mol. The van der Waals surface area contributed by atoms with Crippen LogP contribution in [0, 0.1) is 6.92 Å². The summed E-state index contributed by atoms with van der Waals surface area (Å²) in [5.74, 6) is 0.637. The van der Waals surface area contributed by atoms with Crippen molar-refractivity contribution in [2.45, 2.75) is 37.9 Å². The molecular formula is C22H23N3O2. The zero-order chi connectivity index (χ0) is 18.9. The molecule has 2 unspecified atom stereocenters. The first-order chi connectivity index (χ1) is 13.1. The minimum Gasteiger partial charge on any atom is -0.372 e. The molecule has 138 valence electrons. The van der Waals surface area contributed by atoms with Gasteiger partial charge in [0.05, 0.1) is 18.1 Å². The summed E-state index contributed by atoms with van der Waals surface area (Å²) in [6.45, 7) is 2.43. The minimum atomic E-state index is -0.713. The minimum absolute atomic E-state index is 0.187. The third kappa shape index (κ3) is 3.04. The summed E-state index contributed by atoms with van der Waals surface area (Å²) in [7, 11) is 0. The number of rotatable bonds is 6. The highest BCUT2D eigenvalue weighted by atomic mass is 16.5. The molecule has 0 radical (unpaired) electrons. The van der Waals surface area contributed by atoms with E-state index in [2.05, 4.69) is 4.98 Å². The fraction of sp³-hybridized carbons (Fsp3) is 0.273. The number of hydrogen-bond donors (Lipinski definition) is 1. The molecule has 0 aliphatic heterocycles. The number of imidazole rings is 1. The summed E-state index contributed by atoms with van der Waals surface area (Å²) in [4.78, 5) is 16.5. The van der Waals surface area contributed by atoms with Crippen LogP contribution < -0.4 is 5.73 Å². The topological polar surface area (TPSA) is 70.1 Å². The number of benzene rings is 2. The number of ether oxygens (including phenoxy) is 1. The third-order valence-corrected chi connectivity index (χ3v) is 5.57. The molecule has 1 aliphatic carbocycles. The first-order valence-electron chi connectivity index (χ1n) is 9.17. The van der Waals surface area contributed by atoms with Crippen LogP contribution in [0.5, 0.6) is 0 Å². The maximum atomic E-state index is 12.3. The second-order valence-corrected chi connectivity index (χ2v) is 7.05. The molecule has 1 saturated carbocycles. The second-order valence-electron chi connectivity index (χ2n) is 7.05. The summed E-state index contributed by atoms with van der Waals surface area (Å²) >= 11 is 0. The van der Waals surface area contributed by atoms with Crippen molar-refractivity contribution in [3.63, 3.8) is 0 Å². The normalized spacial score (nSPS) is 21.6. The molecule has 1 aromatic heterocycles. The molecule has 27 heavy (non-hydrogen) atoms. The molecule has 2 atom stereocenters. The summed E-state index contributed by atoms with van der Waals surface area (Å²) in [6.07, 6.45) is 5.11. The molecule has 4 rings (SSSR count). The molecular weight excluding hydrogens is 338 g/mol. The number of nitrogens with zero attached hydrogens (tertiary/aromatic N) is 2. The average molecular weight is 361 g/mol. The van der Waals surface area contributed by atoms with E-state index in [1.807, 2.05) is 72.3 Å². The van der Waals surface area contributed by atoms with Gasteiger partial charge in [-0.3, -0.25) is 4.79 Å². The largest absolute Gasteiger partial charge is 0.372 e. The van der Waals surface area contributed by atoms with Crippen LogP contribution in [-0.2, 0) is 21.6 Å². The molecule has 0 spiro atoms. The Morgan fingerprint density at radius 1 is 1.22 bits per heavy atom. The summed E-state index contributed by atoms with van der Waals surface area (Å²) in [5.41, 5.74) is 8.14. The molecule has 1 amide bonds. The molecule has 2 N–H and O–H groups in total. The van der Waals surface area contributed by atoms with Crippen molar-refractivity contribution in [3.8, 4) is 5.69 Å². The summed E-state index contributed by atoms with van der Waals surface area (Å²) in [6, 6.07) is 17.9. The Labute approximate surface area is 158 Å². The van der Waals surface area contributed by atoms with Crippen LogP contribution in [0.3, 0.4) is 0 Å². The van der Waals surface area contributed by atoms with E-state index in [0.717, 1.165) is 35.5 Å². The van der Waals surface area contributed by atoms with Crippen molar-refractivity contribution in [3.05, 3.63) is 83.9 Å². The number of carbonyl (C=O) groups excluding carboxylic acids is 1. The Morgan fingerprint density at radius 2 is 1.96 bits per heavy atom. The first-order valence-corrected chi connectivity index (χ1v) is 9.17. The Hall–Kier alpha value is -2.92. The number of amides is 1. The predicted octanol–water partition coefficient (Wildman–Crippen LogP) is 3.28. The number of carbonyl (C=O) groups is 1. The van der Waals surface area contributed by atoms with Gasteiger partial charge in [-0.1, -0.05) is 42.5 Å². The van der Waals surface area contributed by atoms with E-state index in [-0.39, 0.29) is 12.0 Å². The Balaban J connectivity index is 1.47. The van der Waals surface area contributed by atoms with E-state index in [0.29, 0.717) is 6.61 Å². The lowest BCUT2D eigenvalue weighted by atomic mass is 9.61. The number of aryl methyl sites for hydroxylation is 1. The van der Waals surface area contributed by atoms with Crippen LogP contribution in [0.2, 0.25) is 0 Å². The van der Waals surface area contributed by atoms with Gasteiger partial charge in [-0.05, 0) is 43.0 Å². The van der Waals surface area contributed by atoms with Crippen LogP contribution in [0.4, 0.5) is 0 Å². The highest BCUT2D eigenvalue weighted by molar-refractivity contribution is 5.88. The van der Waals surface area contributed by atoms with Gasteiger partial charge in [-0.25, -0.2) is 4.98 Å². The molecule has 1 heterocycles. The molecule has 0 saturated heterocycles.